The van der Waals surface area contributed by atoms with Gasteiger partial charge in [0.2, 0.25) is 0 Å². The summed E-state index contributed by atoms with van der Waals surface area (Å²) >= 11 is 1.50. The summed E-state index contributed by atoms with van der Waals surface area (Å²) in [6.45, 7) is 0. The molecule has 0 fully saturated rings. The van der Waals surface area contributed by atoms with Gasteiger partial charge in [0.05, 0.1) is 10.6 Å². The van der Waals surface area contributed by atoms with E-state index >= 15 is 0 Å². The van der Waals surface area contributed by atoms with Crippen LogP contribution in [0.3, 0.4) is 0 Å². The highest BCUT2D eigenvalue weighted by molar-refractivity contribution is 7.89. The molecule has 0 N–H and O–H groups in total. The lowest BCUT2D eigenvalue weighted by Gasteiger charge is -2.22. The van der Waals surface area contributed by atoms with E-state index in [1.807, 2.05) is 17.5 Å². The first kappa shape index (κ1) is 16.9. The van der Waals surface area contributed by atoms with E-state index in [-0.39, 0.29) is 10.7 Å². The Morgan fingerprint density at radius 3 is 2.38 bits per heavy atom. The van der Waals surface area contributed by atoms with Crippen molar-refractivity contribution < 1.29 is 12.8 Å². The lowest BCUT2D eigenvalue weighted by molar-refractivity contribution is 0.375. The minimum Gasteiger partial charge on any atom is -0.207 e. The first-order valence-corrected chi connectivity index (χ1v) is 10.3. The molecule has 1 unspecified atom stereocenters. The summed E-state index contributed by atoms with van der Waals surface area (Å²) < 4.78 is 40.7. The quantitative estimate of drug-likeness (QED) is 0.666. The SMILES string of the molecule is O=S(=O)(c1ccccc1)N1N=C(c2ccc(F)cc2)CC1c1cccs1. The third-order valence-electron chi connectivity index (χ3n) is 4.21. The molecule has 1 aromatic heterocycles. The van der Waals surface area contributed by atoms with Gasteiger partial charge < -0.3 is 0 Å². The Labute approximate surface area is 155 Å². The Balaban J connectivity index is 1.78. The smallest absolute Gasteiger partial charge is 0.207 e. The van der Waals surface area contributed by atoms with Crippen LogP contribution < -0.4 is 0 Å². The normalized spacial score (nSPS) is 17.3. The molecule has 0 bridgehead atoms. The van der Waals surface area contributed by atoms with Crippen LogP contribution in [0.1, 0.15) is 22.9 Å². The van der Waals surface area contributed by atoms with Crippen LogP contribution in [0.4, 0.5) is 4.39 Å². The van der Waals surface area contributed by atoms with Gasteiger partial charge in [-0.1, -0.05) is 36.4 Å². The molecule has 1 aliphatic rings. The lowest BCUT2D eigenvalue weighted by atomic mass is 10.0. The van der Waals surface area contributed by atoms with Crippen molar-refractivity contribution in [2.24, 2.45) is 5.10 Å². The van der Waals surface area contributed by atoms with E-state index in [1.165, 1.54) is 27.9 Å². The van der Waals surface area contributed by atoms with Gasteiger partial charge in [0.15, 0.2) is 0 Å². The van der Waals surface area contributed by atoms with E-state index in [1.54, 1.807) is 42.5 Å². The maximum absolute atomic E-state index is 13.2. The molecule has 1 aliphatic heterocycles. The number of halogens is 1. The van der Waals surface area contributed by atoms with Crippen LogP contribution in [0.15, 0.2) is 82.1 Å². The second-order valence-corrected chi connectivity index (χ2v) is 8.65. The fraction of sp³-hybridized carbons (Fsp3) is 0.105. The van der Waals surface area contributed by atoms with E-state index < -0.39 is 16.1 Å². The molecular weight excluding hydrogens is 371 g/mol. The van der Waals surface area contributed by atoms with Gasteiger partial charge in [-0.3, -0.25) is 0 Å². The monoisotopic (exact) mass is 386 g/mol. The van der Waals surface area contributed by atoms with Gasteiger partial charge in [-0.15, -0.1) is 11.3 Å². The molecule has 0 aliphatic carbocycles. The van der Waals surface area contributed by atoms with Crippen LogP contribution in [0.2, 0.25) is 0 Å². The number of nitrogens with zero attached hydrogens (tertiary/aromatic N) is 2. The van der Waals surface area contributed by atoms with Crippen LogP contribution in [-0.4, -0.2) is 18.5 Å². The molecular formula is C19H15FN2O2S2. The van der Waals surface area contributed by atoms with E-state index in [4.69, 9.17) is 0 Å². The van der Waals surface area contributed by atoms with Gasteiger partial charge in [-0.05, 0) is 41.3 Å². The Morgan fingerprint density at radius 1 is 1.00 bits per heavy atom. The molecule has 26 heavy (non-hydrogen) atoms. The average Bonchev–Trinajstić information content (AvgIpc) is 3.33. The number of hydrazone groups is 1. The number of sulfonamides is 1. The number of rotatable bonds is 4. The van der Waals surface area contributed by atoms with E-state index in [0.717, 1.165) is 10.4 Å². The number of thiophene rings is 1. The highest BCUT2D eigenvalue weighted by Gasteiger charge is 2.38. The third kappa shape index (κ3) is 3.04. The summed E-state index contributed by atoms with van der Waals surface area (Å²) in [6.07, 6.45) is 0.443. The molecule has 4 rings (SSSR count). The summed E-state index contributed by atoms with van der Waals surface area (Å²) in [4.78, 5) is 1.12. The second-order valence-electron chi connectivity index (χ2n) is 5.88. The second kappa shape index (κ2) is 6.66. The fourth-order valence-electron chi connectivity index (χ4n) is 2.92. The van der Waals surface area contributed by atoms with Crippen LogP contribution in [-0.2, 0) is 10.0 Å². The first-order valence-electron chi connectivity index (χ1n) is 8.02. The van der Waals surface area contributed by atoms with Crippen LogP contribution in [0.25, 0.3) is 0 Å². The zero-order valence-corrected chi connectivity index (χ0v) is 15.3. The van der Waals surface area contributed by atoms with Crippen LogP contribution in [0, 0.1) is 5.82 Å². The Kier molecular flexibility index (Phi) is 4.34. The van der Waals surface area contributed by atoms with Crippen LogP contribution in [0.5, 0.6) is 0 Å². The molecule has 3 aromatic rings. The fourth-order valence-corrected chi connectivity index (χ4v) is 5.25. The zero-order valence-electron chi connectivity index (χ0n) is 13.6. The summed E-state index contributed by atoms with van der Waals surface area (Å²) in [5.74, 6) is -0.337. The number of benzene rings is 2. The predicted octanol–water partition coefficient (Wildman–Crippen LogP) is 4.43. The molecule has 132 valence electrons. The molecule has 1 atom stereocenters. The maximum atomic E-state index is 13.2. The molecule has 0 amide bonds. The molecule has 2 heterocycles. The van der Waals surface area contributed by atoms with Gasteiger partial charge in [0.25, 0.3) is 10.0 Å². The molecule has 4 nitrogen and oxygen atoms in total. The molecule has 0 saturated heterocycles. The van der Waals surface area contributed by atoms with Gasteiger partial charge in [-0.25, -0.2) is 4.39 Å². The van der Waals surface area contributed by atoms with Crippen molar-refractivity contribution >= 4 is 27.1 Å². The average molecular weight is 386 g/mol. The van der Waals surface area contributed by atoms with E-state index in [0.29, 0.717) is 12.1 Å². The van der Waals surface area contributed by atoms with Gasteiger partial charge in [0, 0.05) is 11.3 Å². The molecule has 2 aromatic carbocycles. The van der Waals surface area contributed by atoms with Crippen LogP contribution >= 0.6 is 11.3 Å². The summed E-state index contributed by atoms with van der Waals surface area (Å²) in [6, 6.07) is 17.6. The maximum Gasteiger partial charge on any atom is 0.279 e. The van der Waals surface area contributed by atoms with E-state index in [2.05, 4.69) is 5.10 Å². The molecule has 7 heteroatoms. The van der Waals surface area contributed by atoms with Gasteiger partial charge in [0.1, 0.15) is 11.9 Å². The molecule has 0 saturated carbocycles. The minimum atomic E-state index is -3.78. The lowest BCUT2D eigenvalue weighted by Crippen LogP contribution is -2.26. The topological polar surface area (TPSA) is 49.7 Å². The molecule has 0 radical (unpaired) electrons. The highest BCUT2D eigenvalue weighted by atomic mass is 32.2. The van der Waals surface area contributed by atoms with E-state index in [9.17, 15) is 12.8 Å². The highest BCUT2D eigenvalue weighted by Crippen LogP contribution is 2.38. The summed E-state index contributed by atoms with van der Waals surface area (Å²) in [5.41, 5.74) is 1.35. The van der Waals surface area contributed by atoms with Crippen molar-refractivity contribution in [3.05, 3.63) is 88.4 Å². The molecule has 0 spiro atoms. The van der Waals surface area contributed by atoms with Crippen molar-refractivity contribution in [1.82, 2.24) is 4.41 Å². The standard InChI is InChI=1S/C19H15FN2O2S2/c20-15-10-8-14(9-11-15)17-13-18(19-7-4-12-25-19)22(21-17)26(23,24)16-5-2-1-3-6-16/h1-12,18H,13H2. The Morgan fingerprint density at radius 2 is 1.73 bits per heavy atom. The third-order valence-corrected chi connectivity index (χ3v) is 6.88. The largest absolute Gasteiger partial charge is 0.279 e. The Hall–Kier alpha value is -2.51. The van der Waals surface area contributed by atoms with Gasteiger partial charge in [-0.2, -0.15) is 17.9 Å². The van der Waals surface area contributed by atoms with Crippen molar-refractivity contribution in [3.8, 4) is 0 Å². The van der Waals surface area contributed by atoms with Crippen molar-refractivity contribution in [3.63, 3.8) is 0 Å². The number of hydrogen-bond donors (Lipinski definition) is 0. The van der Waals surface area contributed by atoms with Crippen molar-refractivity contribution in [2.45, 2.75) is 17.4 Å². The first-order chi connectivity index (χ1) is 12.6. The number of hydrogen-bond acceptors (Lipinski definition) is 4. The zero-order chi connectivity index (χ0) is 18.1. The predicted molar refractivity (Wildman–Crippen MR) is 100 cm³/mol. The van der Waals surface area contributed by atoms with Gasteiger partial charge >= 0.3 is 0 Å². The summed E-state index contributed by atoms with van der Waals surface area (Å²) in [5, 5.41) is 6.33. The Bertz CT molecular complexity index is 1030. The van der Waals surface area contributed by atoms with Crippen molar-refractivity contribution in [1.29, 1.82) is 0 Å². The summed E-state index contributed by atoms with van der Waals surface area (Å²) in [7, 11) is -3.78. The van der Waals surface area contributed by atoms with Crippen molar-refractivity contribution in [2.75, 3.05) is 0 Å². The minimum absolute atomic E-state index is 0.200.